The maximum Gasteiger partial charge on any atom is 0.151 e. The maximum absolute atomic E-state index is 12.8. The Morgan fingerprint density at radius 2 is 2.00 bits per heavy atom. The van der Waals surface area contributed by atoms with Crippen LogP contribution in [-0.2, 0) is 0 Å². The molecule has 5 heteroatoms. The lowest BCUT2D eigenvalue weighted by molar-refractivity contribution is 0.112. The molecule has 0 heterocycles. The summed E-state index contributed by atoms with van der Waals surface area (Å²) in [6.45, 7) is 0. The van der Waals surface area contributed by atoms with Gasteiger partial charge in [0, 0.05) is 5.56 Å². The molecule has 64 valence electrons. The summed E-state index contributed by atoms with van der Waals surface area (Å²) in [6, 6.07) is 0.989. The van der Waals surface area contributed by atoms with E-state index in [0.29, 0.717) is 6.29 Å². The van der Waals surface area contributed by atoms with Crippen molar-refractivity contribution in [1.29, 1.82) is 0 Å². The predicted molar refractivity (Wildman–Crippen MR) is 49.5 cm³/mol. The molecule has 0 aliphatic rings. The average molecular weight is 272 g/mol. The van der Waals surface area contributed by atoms with Gasteiger partial charge in [0.05, 0.1) is 14.5 Å². The number of aldehydes is 1. The van der Waals surface area contributed by atoms with E-state index in [1.165, 1.54) is 0 Å². The molecule has 0 fully saturated rings. The van der Waals surface area contributed by atoms with Crippen molar-refractivity contribution in [1.82, 2.24) is 0 Å². The van der Waals surface area contributed by atoms with Gasteiger partial charge in [-0.3, -0.25) is 4.79 Å². The van der Waals surface area contributed by atoms with Gasteiger partial charge in [-0.2, -0.15) is 0 Å². The zero-order valence-electron chi connectivity index (χ0n) is 5.57. The number of benzene rings is 1. The molecule has 0 atom stereocenters. The van der Waals surface area contributed by atoms with Crippen molar-refractivity contribution in [3.05, 3.63) is 32.0 Å². The molecule has 0 bridgehead atoms. The number of carbonyl (C=O) groups is 1. The lowest BCUT2D eigenvalue weighted by Crippen LogP contribution is -1.88. The number of hydrogen-bond acceptors (Lipinski definition) is 1. The molecule has 0 saturated heterocycles. The van der Waals surface area contributed by atoms with Gasteiger partial charge < -0.3 is 0 Å². The van der Waals surface area contributed by atoms with Crippen molar-refractivity contribution in [3.8, 4) is 0 Å². The highest BCUT2D eigenvalue weighted by Gasteiger charge is 2.12. The van der Waals surface area contributed by atoms with Gasteiger partial charge in [-0.1, -0.05) is 23.2 Å². The van der Waals surface area contributed by atoms with Crippen LogP contribution in [0.4, 0.5) is 4.39 Å². The first-order chi connectivity index (χ1) is 5.57. The minimum atomic E-state index is -0.671. The summed E-state index contributed by atoms with van der Waals surface area (Å²) in [6.07, 6.45) is 0.465. The minimum Gasteiger partial charge on any atom is -0.298 e. The second kappa shape index (κ2) is 3.73. The number of rotatable bonds is 1. The monoisotopic (exact) mass is 270 g/mol. The van der Waals surface area contributed by atoms with E-state index >= 15 is 0 Å². The molecule has 0 radical (unpaired) electrons. The molecule has 0 saturated carbocycles. The Kier molecular flexibility index (Phi) is 3.09. The number of halogens is 4. The minimum absolute atomic E-state index is 0.0745. The summed E-state index contributed by atoms with van der Waals surface area (Å²) >= 11 is 14.1. The predicted octanol–water partition coefficient (Wildman–Crippen LogP) is 3.71. The van der Waals surface area contributed by atoms with Crippen LogP contribution in [-0.4, -0.2) is 6.29 Å². The molecular weight excluding hydrogens is 270 g/mol. The lowest BCUT2D eigenvalue weighted by atomic mass is 10.2. The van der Waals surface area contributed by atoms with E-state index in [1.54, 1.807) is 0 Å². The van der Waals surface area contributed by atoms with Gasteiger partial charge >= 0.3 is 0 Å². The van der Waals surface area contributed by atoms with Gasteiger partial charge in [-0.05, 0) is 22.0 Å². The Hall–Kier alpha value is -0.120. The fourth-order valence-corrected chi connectivity index (χ4v) is 1.49. The van der Waals surface area contributed by atoms with Crippen LogP contribution in [0, 0.1) is 5.82 Å². The smallest absolute Gasteiger partial charge is 0.151 e. The molecule has 0 aromatic heterocycles. The van der Waals surface area contributed by atoms with Gasteiger partial charge in [-0.15, -0.1) is 0 Å². The van der Waals surface area contributed by atoms with Crippen LogP contribution in [0.15, 0.2) is 10.5 Å². The maximum atomic E-state index is 12.8. The second-order valence-electron chi connectivity index (χ2n) is 2.01. The molecule has 1 aromatic rings. The SMILES string of the molecule is O=Cc1cc(F)c(Cl)c(Br)c1Cl. The lowest BCUT2D eigenvalue weighted by Gasteiger charge is -2.02. The Balaban J connectivity index is 3.49. The summed E-state index contributed by atoms with van der Waals surface area (Å²) < 4.78 is 13.0. The third kappa shape index (κ3) is 1.63. The van der Waals surface area contributed by atoms with Crippen LogP contribution < -0.4 is 0 Å². The third-order valence-corrected chi connectivity index (χ3v) is 3.28. The largest absolute Gasteiger partial charge is 0.298 e. The van der Waals surface area contributed by atoms with E-state index in [1.807, 2.05) is 0 Å². The van der Waals surface area contributed by atoms with Gasteiger partial charge in [0.25, 0.3) is 0 Å². The van der Waals surface area contributed by atoms with Crippen LogP contribution in [0.3, 0.4) is 0 Å². The summed E-state index contributed by atoms with van der Waals surface area (Å²) in [5.74, 6) is -0.671. The molecule has 0 aliphatic heterocycles. The van der Waals surface area contributed by atoms with E-state index < -0.39 is 5.82 Å². The first-order valence-corrected chi connectivity index (χ1v) is 4.41. The quantitative estimate of drug-likeness (QED) is 0.432. The Morgan fingerprint density at radius 3 is 2.50 bits per heavy atom. The highest BCUT2D eigenvalue weighted by atomic mass is 79.9. The third-order valence-electron chi connectivity index (χ3n) is 1.26. The molecule has 0 amide bonds. The second-order valence-corrected chi connectivity index (χ2v) is 3.56. The van der Waals surface area contributed by atoms with Gasteiger partial charge in [0.2, 0.25) is 0 Å². The summed E-state index contributed by atoms with van der Waals surface area (Å²) in [4.78, 5) is 10.3. The van der Waals surface area contributed by atoms with E-state index in [2.05, 4.69) is 15.9 Å². The molecular formula is C7H2BrCl2FO. The summed E-state index contributed by atoms with van der Waals surface area (Å²) in [5.41, 5.74) is 0.0745. The normalized spacial score (nSPS) is 10.0. The van der Waals surface area contributed by atoms with Gasteiger partial charge in [0.1, 0.15) is 5.82 Å². The molecule has 12 heavy (non-hydrogen) atoms. The van der Waals surface area contributed by atoms with Crippen LogP contribution in [0.2, 0.25) is 10.0 Å². The fraction of sp³-hybridized carbons (Fsp3) is 0. The molecule has 0 unspecified atom stereocenters. The molecule has 0 N–H and O–H groups in total. The van der Waals surface area contributed by atoms with Gasteiger partial charge in [0.15, 0.2) is 6.29 Å². The van der Waals surface area contributed by atoms with Crippen molar-refractivity contribution in [3.63, 3.8) is 0 Å². The van der Waals surface area contributed by atoms with Crippen LogP contribution in [0.1, 0.15) is 10.4 Å². The Bertz CT molecular complexity index is 341. The van der Waals surface area contributed by atoms with Crippen LogP contribution in [0.5, 0.6) is 0 Å². The van der Waals surface area contributed by atoms with E-state index in [0.717, 1.165) is 6.07 Å². The summed E-state index contributed by atoms with van der Waals surface area (Å²) in [7, 11) is 0. The Labute approximate surface area is 86.6 Å². The van der Waals surface area contributed by atoms with E-state index in [9.17, 15) is 9.18 Å². The van der Waals surface area contributed by atoms with Crippen LogP contribution >= 0.6 is 39.1 Å². The van der Waals surface area contributed by atoms with E-state index in [-0.39, 0.29) is 20.1 Å². The van der Waals surface area contributed by atoms with Crippen molar-refractivity contribution >= 4 is 45.4 Å². The molecule has 0 spiro atoms. The van der Waals surface area contributed by atoms with Crippen molar-refractivity contribution < 1.29 is 9.18 Å². The van der Waals surface area contributed by atoms with Crippen molar-refractivity contribution in [2.75, 3.05) is 0 Å². The first kappa shape index (κ1) is 9.96. The van der Waals surface area contributed by atoms with Crippen LogP contribution in [0.25, 0.3) is 0 Å². The topological polar surface area (TPSA) is 17.1 Å². The fourth-order valence-electron chi connectivity index (χ4n) is 0.677. The highest BCUT2D eigenvalue weighted by molar-refractivity contribution is 9.10. The molecule has 1 rings (SSSR count). The number of carbonyl (C=O) groups excluding carboxylic acids is 1. The standard InChI is InChI=1S/C7H2BrCl2FO/c8-5-6(9)3(2-12)1-4(11)7(5)10/h1-2H. The molecule has 1 nitrogen and oxygen atoms in total. The van der Waals surface area contributed by atoms with E-state index in [4.69, 9.17) is 23.2 Å². The average Bonchev–Trinajstić information content (AvgIpc) is 2.08. The molecule has 1 aromatic carbocycles. The van der Waals surface area contributed by atoms with Gasteiger partial charge in [-0.25, -0.2) is 4.39 Å². The summed E-state index contributed by atoms with van der Waals surface area (Å²) in [5, 5.41) is 0.00185. The molecule has 0 aliphatic carbocycles. The number of hydrogen-bond donors (Lipinski definition) is 0. The first-order valence-electron chi connectivity index (χ1n) is 2.86. The highest BCUT2D eigenvalue weighted by Crippen LogP contribution is 2.34. The van der Waals surface area contributed by atoms with Crippen molar-refractivity contribution in [2.24, 2.45) is 0 Å². The zero-order chi connectivity index (χ0) is 9.30. The van der Waals surface area contributed by atoms with Crippen molar-refractivity contribution in [2.45, 2.75) is 0 Å². The zero-order valence-corrected chi connectivity index (χ0v) is 8.67. The Morgan fingerprint density at radius 1 is 1.42 bits per heavy atom.